The molecule has 2 rings (SSSR count). The summed E-state index contributed by atoms with van der Waals surface area (Å²) < 4.78 is 0. The molecule has 0 spiro atoms. The number of aryl methyl sites for hydroxylation is 1. The maximum absolute atomic E-state index is 12.2. The van der Waals surface area contributed by atoms with Gasteiger partial charge in [0.15, 0.2) is 0 Å². The fourth-order valence-corrected chi connectivity index (χ4v) is 2.74. The van der Waals surface area contributed by atoms with Crippen LogP contribution in [-0.4, -0.2) is 48.2 Å². The predicted octanol–water partition coefficient (Wildman–Crippen LogP) is 1.88. The Balaban J connectivity index is 1.71. The van der Waals surface area contributed by atoms with Crippen molar-refractivity contribution in [2.45, 2.75) is 39.2 Å². The second-order valence-corrected chi connectivity index (χ2v) is 5.93. The first-order valence-corrected chi connectivity index (χ1v) is 7.83. The molecule has 21 heavy (non-hydrogen) atoms. The largest absolute Gasteiger partial charge is 0.393 e. The minimum Gasteiger partial charge on any atom is -0.393 e. The molecule has 0 unspecified atom stereocenters. The first-order valence-electron chi connectivity index (χ1n) is 7.83. The topological polar surface area (TPSA) is 52.6 Å². The highest BCUT2D eigenvalue weighted by Gasteiger charge is 2.16. The number of hydrogen-bond acceptors (Lipinski definition) is 3. The van der Waals surface area contributed by atoms with E-state index in [1.807, 2.05) is 32.0 Å². The maximum Gasteiger partial charge on any atom is 0.251 e. The van der Waals surface area contributed by atoms with Crippen molar-refractivity contribution >= 4 is 5.91 Å². The van der Waals surface area contributed by atoms with E-state index >= 15 is 0 Å². The van der Waals surface area contributed by atoms with Crippen LogP contribution in [0.15, 0.2) is 18.2 Å². The number of likely N-dealkylation sites (tertiary alicyclic amines) is 1. The molecule has 1 heterocycles. The summed E-state index contributed by atoms with van der Waals surface area (Å²) in [6.45, 7) is 7.63. The number of aliphatic hydroxyl groups excluding tert-OH is 1. The molecular formula is C17H26N2O2. The monoisotopic (exact) mass is 290 g/mol. The first-order chi connectivity index (χ1) is 10.1. The van der Waals surface area contributed by atoms with Crippen LogP contribution in [0.1, 0.15) is 40.7 Å². The fourth-order valence-electron chi connectivity index (χ4n) is 2.74. The Morgan fingerprint density at radius 2 is 2.05 bits per heavy atom. The Morgan fingerprint density at radius 1 is 1.33 bits per heavy atom. The van der Waals surface area contributed by atoms with Crippen molar-refractivity contribution in [3.63, 3.8) is 0 Å². The summed E-state index contributed by atoms with van der Waals surface area (Å²) in [6, 6.07) is 5.83. The van der Waals surface area contributed by atoms with Crippen molar-refractivity contribution in [3.05, 3.63) is 34.9 Å². The lowest BCUT2D eigenvalue weighted by Crippen LogP contribution is -2.37. The highest BCUT2D eigenvalue weighted by Crippen LogP contribution is 2.12. The van der Waals surface area contributed by atoms with Crippen molar-refractivity contribution in [2.75, 3.05) is 26.2 Å². The second-order valence-electron chi connectivity index (χ2n) is 5.93. The van der Waals surface area contributed by atoms with Crippen molar-refractivity contribution in [2.24, 2.45) is 0 Å². The van der Waals surface area contributed by atoms with E-state index in [2.05, 4.69) is 10.2 Å². The third kappa shape index (κ3) is 4.55. The van der Waals surface area contributed by atoms with Crippen molar-refractivity contribution < 1.29 is 9.90 Å². The highest BCUT2D eigenvalue weighted by molar-refractivity contribution is 5.95. The Labute approximate surface area is 127 Å². The lowest BCUT2D eigenvalue weighted by Gasteiger charge is -2.29. The van der Waals surface area contributed by atoms with Crippen molar-refractivity contribution in [1.82, 2.24) is 10.2 Å². The molecule has 1 saturated heterocycles. The molecule has 0 saturated carbocycles. The van der Waals surface area contributed by atoms with Gasteiger partial charge in [-0.05, 0) is 56.8 Å². The van der Waals surface area contributed by atoms with Crippen LogP contribution in [0.5, 0.6) is 0 Å². The smallest absolute Gasteiger partial charge is 0.251 e. The molecule has 2 N–H and O–H groups in total. The van der Waals surface area contributed by atoms with Crippen LogP contribution >= 0.6 is 0 Å². The number of benzene rings is 1. The standard InChI is InChI=1S/C17H26N2O2/c1-13-5-3-6-16(14(13)2)17(21)18-9-4-10-19-11-7-15(20)8-12-19/h3,5-6,15,20H,4,7-12H2,1-2H3,(H,18,21). The van der Waals surface area contributed by atoms with E-state index in [-0.39, 0.29) is 12.0 Å². The van der Waals surface area contributed by atoms with Gasteiger partial charge in [-0.15, -0.1) is 0 Å². The number of nitrogens with one attached hydrogen (secondary N) is 1. The molecule has 0 bridgehead atoms. The fraction of sp³-hybridized carbons (Fsp3) is 0.588. The van der Waals surface area contributed by atoms with Crippen LogP contribution in [0, 0.1) is 13.8 Å². The second kappa shape index (κ2) is 7.57. The Bertz CT molecular complexity index is 480. The van der Waals surface area contributed by atoms with Gasteiger partial charge in [0.1, 0.15) is 0 Å². The van der Waals surface area contributed by atoms with E-state index in [1.54, 1.807) is 0 Å². The van der Waals surface area contributed by atoms with Crippen LogP contribution < -0.4 is 5.32 Å². The number of aliphatic hydroxyl groups is 1. The zero-order chi connectivity index (χ0) is 15.2. The number of piperidine rings is 1. The van der Waals surface area contributed by atoms with E-state index in [0.29, 0.717) is 6.54 Å². The van der Waals surface area contributed by atoms with E-state index in [1.165, 1.54) is 0 Å². The average Bonchev–Trinajstić information content (AvgIpc) is 2.48. The van der Waals surface area contributed by atoms with E-state index in [9.17, 15) is 9.90 Å². The molecule has 1 amide bonds. The minimum absolute atomic E-state index is 0.0188. The molecule has 0 radical (unpaired) electrons. The number of hydrogen-bond donors (Lipinski definition) is 2. The summed E-state index contributed by atoms with van der Waals surface area (Å²) in [5, 5.41) is 12.5. The van der Waals surface area contributed by atoms with Crippen LogP contribution in [-0.2, 0) is 0 Å². The number of carbonyl (C=O) groups excluding carboxylic acids is 1. The lowest BCUT2D eigenvalue weighted by molar-refractivity contribution is 0.0816. The summed E-state index contributed by atoms with van der Waals surface area (Å²) in [7, 11) is 0. The summed E-state index contributed by atoms with van der Waals surface area (Å²) in [5.41, 5.74) is 2.98. The van der Waals surface area contributed by atoms with E-state index < -0.39 is 0 Å². The zero-order valence-electron chi connectivity index (χ0n) is 13.1. The predicted molar refractivity (Wildman–Crippen MR) is 84.5 cm³/mol. The first kappa shape index (κ1) is 16.0. The molecule has 1 aliphatic heterocycles. The maximum atomic E-state index is 12.2. The average molecular weight is 290 g/mol. The lowest BCUT2D eigenvalue weighted by atomic mass is 10.0. The zero-order valence-corrected chi connectivity index (χ0v) is 13.1. The van der Waals surface area contributed by atoms with E-state index in [0.717, 1.165) is 55.6 Å². The Hall–Kier alpha value is -1.39. The summed E-state index contributed by atoms with van der Waals surface area (Å²) >= 11 is 0. The van der Waals surface area contributed by atoms with Gasteiger partial charge in [-0.2, -0.15) is 0 Å². The minimum atomic E-state index is -0.120. The van der Waals surface area contributed by atoms with Gasteiger partial charge in [0.25, 0.3) is 5.91 Å². The van der Waals surface area contributed by atoms with Crippen molar-refractivity contribution in [1.29, 1.82) is 0 Å². The molecule has 1 aromatic carbocycles. The molecule has 1 aromatic rings. The number of nitrogens with zero attached hydrogens (tertiary/aromatic N) is 1. The molecule has 4 heteroatoms. The van der Waals surface area contributed by atoms with Gasteiger partial charge in [-0.25, -0.2) is 0 Å². The van der Waals surface area contributed by atoms with Gasteiger partial charge in [-0.1, -0.05) is 12.1 Å². The Morgan fingerprint density at radius 3 is 2.76 bits per heavy atom. The van der Waals surface area contributed by atoms with Crippen LogP contribution in [0.4, 0.5) is 0 Å². The highest BCUT2D eigenvalue weighted by atomic mass is 16.3. The Kier molecular flexibility index (Phi) is 5.76. The third-order valence-corrected chi connectivity index (χ3v) is 4.34. The molecule has 4 nitrogen and oxygen atoms in total. The molecular weight excluding hydrogens is 264 g/mol. The van der Waals surface area contributed by atoms with E-state index in [4.69, 9.17) is 0 Å². The van der Waals surface area contributed by atoms with Gasteiger partial charge < -0.3 is 15.3 Å². The number of rotatable bonds is 5. The van der Waals surface area contributed by atoms with Crippen molar-refractivity contribution in [3.8, 4) is 0 Å². The summed E-state index contributed by atoms with van der Waals surface area (Å²) in [4.78, 5) is 14.5. The number of amides is 1. The SMILES string of the molecule is Cc1cccc(C(=O)NCCCN2CCC(O)CC2)c1C. The van der Waals surface area contributed by atoms with Crippen LogP contribution in [0.25, 0.3) is 0 Å². The van der Waals surface area contributed by atoms with Gasteiger partial charge in [0.2, 0.25) is 0 Å². The number of carbonyl (C=O) groups is 1. The molecule has 1 aliphatic rings. The quantitative estimate of drug-likeness (QED) is 0.814. The summed E-state index contributed by atoms with van der Waals surface area (Å²) in [6.07, 6.45) is 2.57. The molecule has 1 fully saturated rings. The molecule has 116 valence electrons. The van der Waals surface area contributed by atoms with Crippen LogP contribution in [0.2, 0.25) is 0 Å². The summed E-state index contributed by atoms with van der Waals surface area (Å²) in [5.74, 6) is 0.0188. The van der Waals surface area contributed by atoms with Gasteiger partial charge in [0.05, 0.1) is 6.10 Å². The molecule has 0 aromatic heterocycles. The molecule has 0 aliphatic carbocycles. The van der Waals surface area contributed by atoms with Gasteiger partial charge in [0, 0.05) is 25.2 Å². The van der Waals surface area contributed by atoms with Gasteiger partial charge >= 0.3 is 0 Å². The van der Waals surface area contributed by atoms with Gasteiger partial charge in [-0.3, -0.25) is 4.79 Å². The van der Waals surface area contributed by atoms with Crippen LogP contribution in [0.3, 0.4) is 0 Å². The normalized spacial score (nSPS) is 16.9. The molecule has 0 atom stereocenters. The third-order valence-electron chi connectivity index (χ3n) is 4.34.